The van der Waals surface area contributed by atoms with Gasteiger partial charge in [0.15, 0.2) is 11.6 Å². The van der Waals surface area contributed by atoms with E-state index in [1.54, 1.807) is 26.2 Å². The molecule has 26 heavy (non-hydrogen) atoms. The summed E-state index contributed by atoms with van der Waals surface area (Å²) >= 11 is 12.2. The number of hydrogen-bond acceptors (Lipinski definition) is 6. The molecule has 0 bridgehead atoms. The van der Waals surface area contributed by atoms with E-state index < -0.39 is 5.41 Å². The fraction of sp³-hybridized carbons (Fsp3) is 0.353. The van der Waals surface area contributed by atoms with Crippen LogP contribution in [-0.4, -0.2) is 39.1 Å². The molecule has 0 saturated carbocycles. The van der Waals surface area contributed by atoms with E-state index in [0.29, 0.717) is 36.1 Å². The summed E-state index contributed by atoms with van der Waals surface area (Å²) in [6.45, 7) is 4.76. The second-order valence-electron chi connectivity index (χ2n) is 6.57. The van der Waals surface area contributed by atoms with Crippen LogP contribution in [0.1, 0.15) is 31.7 Å². The molecule has 1 amide bonds. The summed E-state index contributed by atoms with van der Waals surface area (Å²) in [5.74, 6) is 0.807. The molecule has 0 aromatic carbocycles. The molecule has 0 spiro atoms. The summed E-state index contributed by atoms with van der Waals surface area (Å²) in [5, 5.41) is 0.153. The van der Waals surface area contributed by atoms with Crippen molar-refractivity contribution in [2.45, 2.75) is 25.7 Å². The zero-order valence-electron chi connectivity index (χ0n) is 14.2. The average Bonchev–Trinajstić information content (AvgIpc) is 2.82. The summed E-state index contributed by atoms with van der Waals surface area (Å²) in [4.78, 5) is 31.5. The van der Waals surface area contributed by atoms with Gasteiger partial charge in [0.2, 0.25) is 11.2 Å². The standard InChI is InChI=1S/C17H15Cl2N5O2/c1-17(2)11-12(18)22-16(19)23-14(11)24(15(17)25)10-7-20-13(21-8-10)9-3-5-26-6-4-9/h3,7-8H,4-6H2,1-2H3. The molecule has 0 aliphatic carbocycles. The Morgan fingerprint density at radius 3 is 2.58 bits per heavy atom. The minimum atomic E-state index is -0.876. The number of fused-ring (bicyclic) bond motifs is 1. The molecular formula is C17H15Cl2N5O2. The van der Waals surface area contributed by atoms with E-state index in [4.69, 9.17) is 27.9 Å². The fourth-order valence-corrected chi connectivity index (χ4v) is 3.76. The smallest absolute Gasteiger partial charge is 0.243 e. The highest BCUT2D eigenvalue weighted by atomic mass is 35.5. The van der Waals surface area contributed by atoms with Gasteiger partial charge < -0.3 is 4.74 Å². The van der Waals surface area contributed by atoms with E-state index in [1.807, 2.05) is 6.08 Å². The summed E-state index contributed by atoms with van der Waals surface area (Å²) in [6.07, 6.45) is 5.93. The Hall–Kier alpha value is -2.09. The van der Waals surface area contributed by atoms with Gasteiger partial charge in [-0.1, -0.05) is 17.7 Å². The molecule has 134 valence electrons. The molecule has 0 unspecified atom stereocenters. The van der Waals surface area contributed by atoms with Crippen LogP contribution >= 0.6 is 23.2 Å². The Morgan fingerprint density at radius 2 is 1.92 bits per heavy atom. The summed E-state index contributed by atoms with van der Waals surface area (Å²) < 4.78 is 5.30. The van der Waals surface area contributed by atoms with Gasteiger partial charge >= 0.3 is 0 Å². The highest BCUT2D eigenvalue weighted by Gasteiger charge is 2.48. The maximum Gasteiger partial charge on any atom is 0.243 e. The van der Waals surface area contributed by atoms with Crippen molar-refractivity contribution in [3.8, 4) is 0 Å². The molecule has 4 heterocycles. The highest BCUT2D eigenvalue weighted by Crippen LogP contribution is 2.46. The Balaban J connectivity index is 1.77. The molecule has 2 aliphatic rings. The van der Waals surface area contributed by atoms with Crippen LogP contribution < -0.4 is 4.90 Å². The highest BCUT2D eigenvalue weighted by molar-refractivity contribution is 6.34. The lowest BCUT2D eigenvalue weighted by Gasteiger charge is -2.19. The third kappa shape index (κ3) is 2.67. The minimum absolute atomic E-state index is 0.0193. The first kappa shape index (κ1) is 17.3. The molecule has 4 rings (SSSR count). The van der Waals surface area contributed by atoms with Gasteiger partial charge in [-0.3, -0.25) is 9.69 Å². The Labute approximate surface area is 160 Å². The molecule has 2 aliphatic heterocycles. The Bertz CT molecular complexity index is 927. The van der Waals surface area contributed by atoms with E-state index in [2.05, 4.69) is 19.9 Å². The van der Waals surface area contributed by atoms with Gasteiger partial charge in [-0.2, -0.15) is 4.98 Å². The topological polar surface area (TPSA) is 81.1 Å². The van der Waals surface area contributed by atoms with Crippen LogP contribution in [0.2, 0.25) is 10.4 Å². The molecule has 2 aromatic heterocycles. The van der Waals surface area contributed by atoms with E-state index in [0.717, 1.165) is 12.0 Å². The van der Waals surface area contributed by atoms with Crippen LogP contribution in [0.4, 0.5) is 11.5 Å². The number of carbonyl (C=O) groups is 1. The summed E-state index contributed by atoms with van der Waals surface area (Å²) in [5.41, 5.74) is 1.21. The van der Waals surface area contributed by atoms with Crippen molar-refractivity contribution in [3.63, 3.8) is 0 Å². The molecule has 0 fully saturated rings. The molecule has 0 saturated heterocycles. The van der Waals surface area contributed by atoms with Gasteiger partial charge in [0.1, 0.15) is 5.15 Å². The van der Waals surface area contributed by atoms with Gasteiger partial charge in [-0.05, 0) is 37.4 Å². The van der Waals surface area contributed by atoms with Crippen molar-refractivity contribution in [3.05, 3.63) is 40.3 Å². The molecular weight excluding hydrogens is 377 g/mol. The fourth-order valence-electron chi connectivity index (χ4n) is 3.15. The van der Waals surface area contributed by atoms with Crippen molar-refractivity contribution >= 4 is 46.2 Å². The largest absolute Gasteiger partial charge is 0.377 e. The molecule has 0 radical (unpaired) electrons. The normalized spacial score (nSPS) is 18.7. The first-order chi connectivity index (χ1) is 12.4. The van der Waals surface area contributed by atoms with Crippen LogP contribution in [0.3, 0.4) is 0 Å². The zero-order valence-corrected chi connectivity index (χ0v) is 15.7. The number of hydrogen-bond donors (Lipinski definition) is 0. The third-order valence-electron chi connectivity index (χ3n) is 4.54. The summed E-state index contributed by atoms with van der Waals surface area (Å²) in [6, 6.07) is 0. The van der Waals surface area contributed by atoms with E-state index in [1.165, 1.54) is 4.90 Å². The van der Waals surface area contributed by atoms with E-state index in [9.17, 15) is 4.79 Å². The van der Waals surface area contributed by atoms with Gasteiger partial charge in [-0.15, -0.1) is 0 Å². The SMILES string of the molecule is CC1(C)C(=O)N(c2cnc(C3=CCOCC3)nc2)c2nc(Cl)nc(Cl)c21. The van der Waals surface area contributed by atoms with Crippen molar-refractivity contribution < 1.29 is 9.53 Å². The first-order valence-electron chi connectivity index (χ1n) is 8.07. The van der Waals surface area contributed by atoms with Crippen molar-refractivity contribution in [1.29, 1.82) is 0 Å². The number of amides is 1. The Morgan fingerprint density at radius 1 is 1.19 bits per heavy atom. The average molecular weight is 392 g/mol. The quantitative estimate of drug-likeness (QED) is 0.576. The maximum atomic E-state index is 13.0. The number of anilines is 2. The molecule has 9 heteroatoms. The lowest BCUT2D eigenvalue weighted by Crippen LogP contribution is -2.33. The lowest BCUT2D eigenvalue weighted by atomic mass is 9.88. The number of carbonyl (C=O) groups excluding carboxylic acids is 1. The number of nitrogens with zero attached hydrogens (tertiary/aromatic N) is 5. The number of aromatic nitrogens is 4. The van der Waals surface area contributed by atoms with Crippen molar-refractivity contribution in [2.75, 3.05) is 18.1 Å². The van der Waals surface area contributed by atoms with E-state index >= 15 is 0 Å². The van der Waals surface area contributed by atoms with Gasteiger partial charge in [0, 0.05) is 5.56 Å². The zero-order chi connectivity index (χ0) is 18.5. The Kier molecular flexibility index (Phi) is 4.17. The van der Waals surface area contributed by atoms with Crippen LogP contribution in [0.25, 0.3) is 5.57 Å². The molecule has 7 nitrogen and oxygen atoms in total. The number of rotatable bonds is 2. The first-order valence-corrected chi connectivity index (χ1v) is 8.82. The van der Waals surface area contributed by atoms with Crippen molar-refractivity contribution in [2.24, 2.45) is 0 Å². The molecule has 0 N–H and O–H groups in total. The van der Waals surface area contributed by atoms with Gasteiger partial charge in [-0.25, -0.2) is 15.0 Å². The van der Waals surface area contributed by atoms with Gasteiger partial charge in [0.25, 0.3) is 0 Å². The number of halogens is 2. The number of ether oxygens (including phenoxy) is 1. The van der Waals surface area contributed by atoms with Crippen LogP contribution in [0, 0.1) is 0 Å². The maximum absolute atomic E-state index is 13.0. The van der Waals surface area contributed by atoms with Crippen molar-refractivity contribution in [1.82, 2.24) is 19.9 Å². The predicted octanol–water partition coefficient (Wildman–Crippen LogP) is 3.33. The molecule has 0 atom stereocenters. The van der Waals surface area contributed by atoms with Crippen LogP contribution in [-0.2, 0) is 14.9 Å². The van der Waals surface area contributed by atoms with E-state index in [-0.39, 0.29) is 16.3 Å². The third-order valence-corrected chi connectivity index (χ3v) is 4.98. The van der Waals surface area contributed by atoms with Crippen LogP contribution in [0.15, 0.2) is 18.5 Å². The molecule has 2 aromatic rings. The lowest BCUT2D eigenvalue weighted by molar-refractivity contribution is -0.121. The van der Waals surface area contributed by atoms with Crippen LogP contribution in [0.5, 0.6) is 0 Å². The monoisotopic (exact) mass is 391 g/mol. The summed E-state index contributed by atoms with van der Waals surface area (Å²) in [7, 11) is 0. The van der Waals surface area contributed by atoms with Gasteiger partial charge in [0.05, 0.1) is 36.7 Å². The minimum Gasteiger partial charge on any atom is -0.377 e. The second-order valence-corrected chi connectivity index (χ2v) is 7.26. The predicted molar refractivity (Wildman–Crippen MR) is 97.7 cm³/mol. The second kappa shape index (κ2) is 6.26.